The average molecular weight is 368 g/mol. The van der Waals surface area contributed by atoms with E-state index in [1.807, 2.05) is 50.8 Å². The molecule has 3 rings (SSSR count). The molecule has 0 aliphatic carbocycles. The average Bonchev–Trinajstić information content (AvgIpc) is 2.72. The number of amides is 1. The number of rotatable bonds is 7. The first-order chi connectivity index (χ1) is 13.1. The van der Waals surface area contributed by atoms with Crippen LogP contribution < -0.4 is 15.1 Å². The molecule has 0 unspecified atom stereocenters. The molecule has 0 aromatic carbocycles. The highest BCUT2D eigenvalue weighted by Gasteiger charge is 2.19. The van der Waals surface area contributed by atoms with Gasteiger partial charge >= 0.3 is 0 Å². The summed E-state index contributed by atoms with van der Waals surface area (Å²) in [4.78, 5) is 27.7. The minimum absolute atomic E-state index is 0.0600. The summed E-state index contributed by atoms with van der Waals surface area (Å²) in [5.41, 5.74) is 1.61. The Hall–Kier alpha value is -2.67. The maximum atomic E-state index is 12.4. The maximum Gasteiger partial charge on any atom is 0.252 e. The Bertz CT molecular complexity index is 728. The molecule has 7 heteroatoms. The quantitative estimate of drug-likeness (QED) is 0.747. The van der Waals surface area contributed by atoms with E-state index in [-0.39, 0.29) is 5.91 Å². The van der Waals surface area contributed by atoms with Gasteiger partial charge in [-0.3, -0.25) is 9.78 Å². The van der Waals surface area contributed by atoms with Gasteiger partial charge in [0, 0.05) is 45.1 Å². The number of anilines is 2. The molecule has 0 saturated carbocycles. The van der Waals surface area contributed by atoms with Crippen molar-refractivity contribution in [3.63, 3.8) is 0 Å². The van der Waals surface area contributed by atoms with Crippen molar-refractivity contribution in [1.29, 1.82) is 0 Å². The first-order valence-corrected chi connectivity index (χ1v) is 9.42. The topological polar surface area (TPSA) is 64.6 Å². The van der Waals surface area contributed by atoms with E-state index in [2.05, 4.69) is 30.0 Å². The molecule has 7 nitrogen and oxygen atoms in total. The summed E-state index contributed by atoms with van der Waals surface area (Å²) in [6.45, 7) is 5.19. The Morgan fingerprint density at radius 1 is 1.15 bits per heavy atom. The van der Waals surface area contributed by atoms with Crippen LogP contribution in [0.15, 0.2) is 42.9 Å². The van der Waals surface area contributed by atoms with Crippen molar-refractivity contribution in [2.24, 2.45) is 0 Å². The van der Waals surface area contributed by atoms with E-state index in [4.69, 9.17) is 0 Å². The molecule has 1 saturated heterocycles. The predicted molar refractivity (Wildman–Crippen MR) is 108 cm³/mol. The molecule has 3 heterocycles. The number of nitrogens with zero attached hydrogens (tertiary/aromatic N) is 5. The molecule has 2 aromatic heterocycles. The summed E-state index contributed by atoms with van der Waals surface area (Å²) in [6, 6.07) is 7.92. The monoisotopic (exact) mass is 368 g/mol. The molecule has 144 valence electrons. The van der Waals surface area contributed by atoms with E-state index in [0.29, 0.717) is 12.1 Å². The van der Waals surface area contributed by atoms with Crippen LogP contribution in [-0.4, -0.2) is 74.1 Å². The van der Waals surface area contributed by atoms with Gasteiger partial charge in [-0.25, -0.2) is 4.98 Å². The number of pyridine rings is 2. The molecule has 27 heavy (non-hydrogen) atoms. The van der Waals surface area contributed by atoms with Crippen LogP contribution in [0.1, 0.15) is 16.8 Å². The van der Waals surface area contributed by atoms with Crippen molar-refractivity contribution in [3.8, 4) is 0 Å². The van der Waals surface area contributed by atoms with Gasteiger partial charge in [-0.2, -0.15) is 0 Å². The number of hydrogen-bond donors (Lipinski definition) is 1. The van der Waals surface area contributed by atoms with Crippen LogP contribution in [-0.2, 0) is 0 Å². The van der Waals surface area contributed by atoms with Crippen LogP contribution in [0.5, 0.6) is 0 Å². The van der Waals surface area contributed by atoms with Crippen molar-refractivity contribution in [3.05, 3.63) is 48.4 Å². The van der Waals surface area contributed by atoms with E-state index < -0.39 is 0 Å². The van der Waals surface area contributed by atoms with Crippen molar-refractivity contribution in [1.82, 2.24) is 20.2 Å². The zero-order chi connectivity index (χ0) is 19.1. The Kier molecular flexibility index (Phi) is 6.59. The van der Waals surface area contributed by atoms with Gasteiger partial charge < -0.3 is 20.0 Å². The molecule has 1 aliphatic rings. The lowest BCUT2D eigenvalue weighted by molar-refractivity contribution is 0.0952. The minimum atomic E-state index is -0.0600. The smallest absolute Gasteiger partial charge is 0.252 e. The van der Waals surface area contributed by atoms with Gasteiger partial charge in [-0.15, -0.1) is 0 Å². The minimum Gasteiger partial charge on any atom is -0.367 e. The van der Waals surface area contributed by atoms with E-state index in [0.717, 1.165) is 50.6 Å². The largest absolute Gasteiger partial charge is 0.367 e. The van der Waals surface area contributed by atoms with Gasteiger partial charge in [0.1, 0.15) is 5.82 Å². The fourth-order valence-corrected chi connectivity index (χ4v) is 3.16. The summed E-state index contributed by atoms with van der Waals surface area (Å²) in [5.74, 6) is 0.955. The second-order valence-electron chi connectivity index (χ2n) is 7.01. The highest BCUT2D eigenvalue weighted by atomic mass is 16.1. The van der Waals surface area contributed by atoms with E-state index in [1.54, 1.807) is 6.20 Å². The van der Waals surface area contributed by atoms with Gasteiger partial charge in [0.25, 0.3) is 5.91 Å². The summed E-state index contributed by atoms with van der Waals surface area (Å²) >= 11 is 0. The normalized spacial score (nSPS) is 14.5. The van der Waals surface area contributed by atoms with Crippen LogP contribution in [0.25, 0.3) is 0 Å². The Labute approximate surface area is 161 Å². The van der Waals surface area contributed by atoms with Gasteiger partial charge in [0.05, 0.1) is 17.4 Å². The molecule has 0 radical (unpaired) electrons. The van der Waals surface area contributed by atoms with Crippen LogP contribution in [0.3, 0.4) is 0 Å². The van der Waals surface area contributed by atoms with Gasteiger partial charge in [-0.1, -0.05) is 6.07 Å². The fraction of sp³-hybridized carbons (Fsp3) is 0.450. The van der Waals surface area contributed by atoms with Gasteiger partial charge in [0.2, 0.25) is 0 Å². The second kappa shape index (κ2) is 9.32. The summed E-state index contributed by atoms with van der Waals surface area (Å²) in [7, 11) is 4.06. The third-order valence-electron chi connectivity index (χ3n) is 4.67. The number of hydrogen-bond acceptors (Lipinski definition) is 6. The number of carbonyl (C=O) groups excluding carboxylic acids is 1. The Balaban J connectivity index is 1.54. The van der Waals surface area contributed by atoms with Crippen LogP contribution in [0, 0.1) is 0 Å². The van der Waals surface area contributed by atoms with Crippen LogP contribution in [0.4, 0.5) is 11.5 Å². The molecule has 0 spiro atoms. The molecule has 1 aliphatic heterocycles. The highest BCUT2D eigenvalue weighted by molar-refractivity contribution is 5.94. The third kappa shape index (κ3) is 5.40. The molecule has 0 bridgehead atoms. The number of piperazine rings is 1. The van der Waals surface area contributed by atoms with Gasteiger partial charge in [0.15, 0.2) is 0 Å². The molecule has 2 aromatic rings. The SMILES string of the molecule is CN(C)CCCNC(=O)c1cncc(N2CCN(c3ccccn3)CC2)c1. The van der Waals surface area contributed by atoms with Crippen molar-refractivity contribution >= 4 is 17.4 Å². The summed E-state index contributed by atoms with van der Waals surface area (Å²) < 4.78 is 0. The third-order valence-corrected chi connectivity index (χ3v) is 4.67. The zero-order valence-corrected chi connectivity index (χ0v) is 16.1. The van der Waals surface area contributed by atoms with Gasteiger partial charge in [-0.05, 0) is 45.3 Å². The van der Waals surface area contributed by atoms with E-state index >= 15 is 0 Å². The molecular formula is C20H28N6O. The fourth-order valence-electron chi connectivity index (χ4n) is 3.16. The summed E-state index contributed by atoms with van der Waals surface area (Å²) in [5, 5.41) is 2.97. The van der Waals surface area contributed by atoms with Crippen LogP contribution in [0.2, 0.25) is 0 Å². The Morgan fingerprint density at radius 3 is 2.63 bits per heavy atom. The number of carbonyl (C=O) groups is 1. The highest BCUT2D eigenvalue weighted by Crippen LogP contribution is 2.19. The zero-order valence-electron chi connectivity index (χ0n) is 16.1. The lowest BCUT2D eigenvalue weighted by Gasteiger charge is -2.36. The lowest BCUT2D eigenvalue weighted by Crippen LogP contribution is -2.46. The molecular weight excluding hydrogens is 340 g/mol. The molecule has 1 N–H and O–H groups in total. The maximum absolute atomic E-state index is 12.4. The first kappa shape index (κ1) is 19.1. The second-order valence-corrected chi connectivity index (χ2v) is 7.01. The van der Waals surface area contributed by atoms with Crippen LogP contribution >= 0.6 is 0 Å². The van der Waals surface area contributed by atoms with E-state index in [9.17, 15) is 4.79 Å². The predicted octanol–water partition coefficient (Wildman–Crippen LogP) is 1.48. The number of aromatic nitrogens is 2. The standard InChI is InChI=1S/C20H28N6O/c1-24(2)9-5-8-23-20(27)17-14-18(16-21-15-17)25-10-12-26(13-11-25)19-6-3-4-7-22-19/h3-4,6-7,14-16H,5,8-13H2,1-2H3,(H,23,27). The van der Waals surface area contributed by atoms with Crippen molar-refractivity contribution in [2.75, 3.05) is 63.2 Å². The summed E-state index contributed by atoms with van der Waals surface area (Å²) in [6.07, 6.45) is 6.22. The number of nitrogens with one attached hydrogen (secondary N) is 1. The molecule has 0 atom stereocenters. The molecule has 1 fully saturated rings. The molecule has 1 amide bonds. The van der Waals surface area contributed by atoms with Crippen molar-refractivity contribution in [2.45, 2.75) is 6.42 Å². The van der Waals surface area contributed by atoms with E-state index in [1.165, 1.54) is 0 Å². The lowest BCUT2D eigenvalue weighted by atomic mass is 10.2. The Morgan fingerprint density at radius 2 is 1.93 bits per heavy atom. The van der Waals surface area contributed by atoms with Crippen molar-refractivity contribution < 1.29 is 4.79 Å². The first-order valence-electron chi connectivity index (χ1n) is 9.42.